The second kappa shape index (κ2) is 21.3. The molecule has 0 spiro atoms. The number of ether oxygens (including phenoxy) is 2. The lowest BCUT2D eigenvalue weighted by atomic mass is 9.94. The molecule has 3 aromatic carbocycles. The standard InChI is InChI=1S/C50H77NO6SSi2/c1-47(2,3)54-40-32-30-38(31-33-40)35-42(51-46(53)55-48(4,5)6)44(57-60(15,16)50(10,11)12)29-23-28-43(56-59(13,14)49(7,8)9)41(34-37-24-19-17-20-25-37)45(52)58-36-39-26-21-18-22-27-39/h17-28,30-33,41-44H,29,34-36H2,1-16H3,(H,51,53). The van der Waals surface area contributed by atoms with Crippen molar-refractivity contribution in [2.45, 2.75) is 174 Å². The molecule has 7 nitrogen and oxygen atoms in total. The molecule has 4 atom stereocenters. The third kappa shape index (κ3) is 17.3. The van der Waals surface area contributed by atoms with Crippen LogP contribution in [0.2, 0.25) is 36.3 Å². The zero-order valence-corrected chi connectivity index (χ0v) is 42.5. The van der Waals surface area contributed by atoms with E-state index in [1.165, 1.54) is 11.8 Å². The minimum atomic E-state index is -2.38. The first-order valence-electron chi connectivity index (χ1n) is 21.6. The van der Waals surface area contributed by atoms with Gasteiger partial charge in [0.15, 0.2) is 21.8 Å². The molecule has 0 aliphatic carbocycles. The van der Waals surface area contributed by atoms with Crippen LogP contribution in [0.1, 0.15) is 106 Å². The Hall–Kier alpha value is -3.16. The summed E-state index contributed by atoms with van der Waals surface area (Å²) in [6.07, 6.45) is 4.40. The van der Waals surface area contributed by atoms with E-state index in [1.807, 2.05) is 90.1 Å². The van der Waals surface area contributed by atoms with Crippen molar-refractivity contribution in [1.82, 2.24) is 5.32 Å². The van der Waals surface area contributed by atoms with Gasteiger partial charge in [-0.1, -0.05) is 138 Å². The number of amides is 1. The molecule has 1 N–H and O–H groups in total. The molecule has 0 heterocycles. The first-order valence-corrected chi connectivity index (χ1v) is 28.4. The van der Waals surface area contributed by atoms with Crippen molar-refractivity contribution in [3.8, 4) is 5.75 Å². The van der Waals surface area contributed by atoms with Crippen LogP contribution in [-0.2, 0) is 37.0 Å². The Labute approximate surface area is 370 Å². The number of thioether (sulfide) groups is 1. The molecule has 1 amide bonds. The third-order valence-corrected chi connectivity index (χ3v) is 21.4. The van der Waals surface area contributed by atoms with Crippen LogP contribution < -0.4 is 10.1 Å². The molecule has 0 aliphatic heterocycles. The highest BCUT2D eigenvalue weighted by Crippen LogP contribution is 2.41. The Morgan fingerprint density at radius 1 is 0.650 bits per heavy atom. The van der Waals surface area contributed by atoms with E-state index in [9.17, 15) is 9.59 Å². The van der Waals surface area contributed by atoms with Gasteiger partial charge < -0.3 is 23.6 Å². The lowest BCUT2D eigenvalue weighted by molar-refractivity contribution is -0.116. The summed E-state index contributed by atoms with van der Waals surface area (Å²) in [6, 6.07) is 28.0. The number of hydrogen-bond donors (Lipinski definition) is 1. The van der Waals surface area contributed by atoms with Crippen molar-refractivity contribution in [1.29, 1.82) is 0 Å². The highest BCUT2D eigenvalue weighted by atomic mass is 32.2. The van der Waals surface area contributed by atoms with Crippen molar-refractivity contribution in [2.75, 3.05) is 0 Å². The average Bonchev–Trinajstić information content (AvgIpc) is 3.11. The second-order valence-corrected chi connectivity index (χ2v) is 31.6. The molecule has 0 aromatic heterocycles. The second-order valence-electron chi connectivity index (χ2n) is 21.1. The van der Waals surface area contributed by atoms with Crippen molar-refractivity contribution in [3.63, 3.8) is 0 Å². The lowest BCUT2D eigenvalue weighted by Gasteiger charge is -2.42. The van der Waals surface area contributed by atoms with Crippen LogP contribution in [-0.4, -0.2) is 57.3 Å². The van der Waals surface area contributed by atoms with Gasteiger partial charge in [0.1, 0.15) is 17.0 Å². The summed E-state index contributed by atoms with van der Waals surface area (Å²) >= 11 is 1.36. The Morgan fingerprint density at radius 3 is 1.65 bits per heavy atom. The first kappa shape index (κ1) is 51.2. The van der Waals surface area contributed by atoms with E-state index >= 15 is 0 Å². The van der Waals surface area contributed by atoms with Gasteiger partial charge >= 0.3 is 6.09 Å². The van der Waals surface area contributed by atoms with Crippen LogP contribution in [0, 0.1) is 5.92 Å². The molecule has 332 valence electrons. The van der Waals surface area contributed by atoms with Gasteiger partial charge in [-0.3, -0.25) is 4.79 Å². The molecule has 3 rings (SSSR count). The summed E-state index contributed by atoms with van der Waals surface area (Å²) < 4.78 is 26.5. The molecule has 60 heavy (non-hydrogen) atoms. The van der Waals surface area contributed by atoms with Crippen LogP contribution in [0.15, 0.2) is 97.1 Å². The Morgan fingerprint density at radius 2 is 1.15 bits per heavy atom. The highest BCUT2D eigenvalue weighted by molar-refractivity contribution is 8.13. The Balaban J connectivity index is 2.13. The van der Waals surface area contributed by atoms with Crippen LogP contribution >= 0.6 is 11.8 Å². The van der Waals surface area contributed by atoms with Crippen molar-refractivity contribution in [2.24, 2.45) is 5.92 Å². The van der Waals surface area contributed by atoms with Crippen molar-refractivity contribution >= 4 is 39.6 Å². The van der Waals surface area contributed by atoms with Gasteiger partial charge in [0, 0.05) is 5.75 Å². The molecule has 0 saturated heterocycles. The molecule has 0 fully saturated rings. The molecule has 3 aromatic rings. The molecule has 0 aliphatic rings. The zero-order chi connectivity index (χ0) is 45.2. The van der Waals surface area contributed by atoms with Gasteiger partial charge in [0.2, 0.25) is 0 Å². The molecular weight excluding hydrogens is 799 g/mol. The number of rotatable bonds is 18. The monoisotopic (exact) mass is 876 g/mol. The largest absolute Gasteiger partial charge is 0.488 e. The maximum Gasteiger partial charge on any atom is 0.407 e. The SMILES string of the molecule is CC(C)(C)OC(=O)NC(Cc1ccc(OC(C)(C)C)cc1)C(CC=CC(O[Si](C)(C)C(C)(C)C)C(Cc1ccccc1)C(=O)SCc1ccccc1)O[Si](C)(C)C(C)(C)C. The smallest absolute Gasteiger partial charge is 0.407 e. The minimum Gasteiger partial charge on any atom is -0.488 e. The minimum absolute atomic E-state index is 0.0828. The molecule has 0 bridgehead atoms. The number of nitrogens with one attached hydrogen (secondary N) is 1. The maximum absolute atomic E-state index is 14.5. The predicted molar refractivity (Wildman–Crippen MR) is 258 cm³/mol. The zero-order valence-electron chi connectivity index (χ0n) is 39.7. The maximum atomic E-state index is 14.5. The Kier molecular flexibility index (Phi) is 18.2. The van der Waals surface area contributed by atoms with E-state index in [4.69, 9.17) is 18.3 Å². The number of hydrogen-bond acceptors (Lipinski definition) is 7. The van der Waals surface area contributed by atoms with Crippen LogP contribution in [0.5, 0.6) is 5.75 Å². The van der Waals surface area contributed by atoms with E-state index in [-0.39, 0.29) is 20.8 Å². The number of alkyl carbamates (subject to hydrolysis) is 1. The fourth-order valence-electron chi connectivity index (χ4n) is 6.04. The van der Waals surface area contributed by atoms with Gasteiger partial charge in [0.05, 0.1) is 24.2 Å². The summed E-state index contributed by atoms with van der Waals surface area (Å²) in [4.78, 5) is 28.1. The van der Waals surface area contributed by atoms with Crippen molar-refractivity contribution in [3.05, 3.63) is 114 Å². The average molecular weight is 876 g/mol. The first-order chi connectivity index (χ1) is 27.6. The molecule has 0 radical (unpaired) electrons. The van der Waals surface area contributed by atoms with Crippen molar-refractivity contribution < 1.29 is 27.9 Å². The third-order valence-electron chi connectivity index (χ3n) is 11.4. The summed E-state index contributed by atoms with van der Waals surface area (Å²) in [5.41, 5.74) is 2.23. The number of carbonyl (C=O) groups is 2. The quantitative estimate of drug-likeness (QED) is 0.101. The van der Waals surface area contributed by atoms with E-state index in [1.54, 1.807) is 0 Å². The fraction of sp³-hybridized carbons (Fsp3) is 0.560. The summed E-state index contributed by atoms with van der Waals surface area (Å²) in [5, 5.41) is 3.17. The molecule has 0 saturated carbocycles. The summed E-state index contributed by atoms with van der Waals surface area (Å²) in [5.74, 6) is 0.940. The molecular formula is C50H77NO6SSi2. The van der Waals surface area contributed by atoms with E-state index in [0.717, 1.165) is 22.4 Å². The highest BCUT2D eigenvalue weighted by Gasteiger charge is 2.43. The van der Waals surface area contributed by atoms with Gasteiger partial charge in [0.25, 0.3) is 0 Å². The summed E-state index contributed by atoms with van der Waals surface area (Å²) in [6.45, 7) is 34.1. The van der Waals surface area contributed by atoms with E-state index in [2.05, 4.69) is 122 Å². The van der Waals surface area contributed by atoms with E-state index < -0.39 is 52.5 Å². The van der Waals surface area contributed by atoms with Crippen LogP contribution in [0.4, 0.5) is 4.79 Å². The Bertz CT molecular complexity index is 1800. The van der Waals surface area contributed by atoms with Gasteiger partial charge in [-0.15, -0.1) is 0 Å². The molecule has 4 unspecified atom stereocenters. The summed E-state index contributed by atoms with van der Waals surface area (Å²) in [7, 11) is -4.76. The fourth-order valence-corrected chi connectivity index (χ4v) is 9.62. The number of carbonyl (C=O) groups excluding carboxylic acids is 2. The lowest BCUT2D eigenvalue weighted by Crippen LogP contribution is -2.53. The van der Waals surface area contributed by atoms with Gasteiger partial charge in [-0.25, -0.2) is 4.79 Å². The van der Waals surface area contributed by atoms with Gasteiger partial charge in [-0.2, -0.15) is 0 Å². The normalized spacial score (nSPS) is 15.3. The van der Waals surface area contributed by atoms with Crippen LogP contribution in [0.25, 0.3) is 0 Å². The predicted octanol–water partition coefficient (Wildman–Crippen LogP) is 13.3. The topological polar surface area (TPSA) is 83.1 Å². The van der Waals surface area contributed by atoms with E-state index in [0.29, 0.717) is 25.0 Å². The molecule has 10 heteroatoms. The van der Waals surface area contributed by atoms with Gasteiger partial charge in [-0.05, 0) is 126 Å². The van der Waals surface area contributed by atoms with Crippen LogP contribution in [0.3, 0.4) is 0 Å². The number of benzene rings is 3.